The normalized spacial score (nSPS) is 11.7. The second kappa shape index (κ2) is 12.7. The van der Waals surface area contributed by atoms with Crippen molar-refractivity contribution in [3.63, 3.8) is 0 Å². The highest BCUT2D eigenvalue weighted by Crippen LogP contribution is 2.06. The first-order chi connectivity index (χ1) is 12.6. The fraction of sp³-hybridized carbons (Fsp3) is 0.444. The maximum atomic E-state index is 12.2. The van der Waals surface area contributed by atoms with E-state index in [1.807, 2.05) is 47.3 Å². The van der Waals surface area contributed by atoms with Gasteiger partial charge in [-0.25, -0.2) is 8.42 Å². The van der Waals surface area contributed by atoms with Crippen molar-refractivity contribution < 1.29 is 8.42 Å². The fourth-order valence-electron chi connectivity index (χ4n) is 2.50. The summed E-state index contributed by atoms with van der Waals surface area (Å²) in [6.45, 7) is 2.17. The van der Waals surface area contributed by atoms with Crippen molar-refractivity contribution in [2.24, 2.45) is 4.99 Å². The maximum absolute atomic E-state index is 12.2. The van der Waals surface area contributed by atoms with Gasteiger partial charge in [0.25, 0.3) is 0 Å². The molecule has 0 bridgehead atoms. The number of hydrogen-bond donors (Lipinski definition) is 2. The van der Waals surface area contributed by atoms with Gasteiger partial charge in [-0.15, -0.1) is 24.0 Å². The quantitative estimate of drug-likeness (QED) is 0.224. The van der Waals surface area contributed by atoms with E-state index in [0.29, 0.717) is 18.9 Å². The first-order valence-corrected chi connectivity index (χ1v) is 10.6. The lowest BCUT2D eigenvalue weighted by atomic mass is 10.2. The molecule has 0 saturated carbocycles. The van der Waals surface area contributed by atoms with Crippen molar-refractivity contribution in [3.05, 3.63) is 54.4 Å². The van der Waals surface area contributed by atoms with Crippen LogP contribution >= 0.6 is 24.0 Å². The van der Waals surface area contributed by atoms with Crippen molar-refractivity contribution in [2.45, 2.75) is 25.1 Å². The summed E-state index contributed by atoms with van der Waals surface area (Å²) < 4.78 is 26.2. The van der Waals surface area contributed by atoms with E-state index in [0.717, 1.165) is 25.1 Å². The van der Waals surface area contributed by atoms with Crippen molar-refractivity contribution >= 4 is 39.8 Å². The summed E-state index contributed by atoms with van der Waals surface area (Å²) in [4.78, 5) is 4.15. The summed E-state index contributed by atoms with van der Waals surface area (Å²) in [5, 5.41) is 10.5. The minimum atomic E-state index is -3.10. The molecule has 0 amide bonds. The molecule has 7 nitrogen and oxygen atoms in total. The van der Waals surface area contributed by atoms with Gasteiger partial charge in [0, 0.05) is 39.1 Å². The molecule has 0 aliphatic rings. The van der Waals surface area contributed by atoms with Crippen LogP contribution in [-0.2, 0) is 22.1 Å². The number of sulfone groups is 1. The minimum absolute atomic E-state index is 0. The van der Waals surface area contributed by atoms with E-state index in [-0.39, 0.29) is 35.5 Å². The molecule has 27 heavy (non-hydrogen) atoms. The summed E-state index contributed by atoms with van der Waals surface area (Å²) in [6.07, 6.45) is 5.17. The van der Waals surface area contributed by atoms with Gasteiger partial charge in [-0.1, -0.05) is 30.3 Å². The number of nitrogens with zero attached hydrogens (tertiary/aromatic N) is 3. The van der Waals surface area contributed by atoms with Gasteiger partial charge in [0.15, 0.2) is 15.8 Å². The number of nitrogens with one attached hydrogen (secondary N) is 2. The number of halogens is 1. The molecule has 2 rings (SSSR count). The number of aryl methyl sites for hydroxylation is 1. The largest absolute Gasteiger partial charge is 0.356 e. The number of hydrogen-bond acceptors (Lipinski definition) is 4. The van der Waals surface area contributed by atoms with Gasteiger partial charge in [0.1, 0.15) is 0 Å². The average molecular weight is 505 g/mol. The highest BCUT2D eigenvalue weighted by molar-refractivity contribution is 14.0. The van der Waals surface area contributed by atoms with E-state index in [2.05, 4.69) is 20.7 Å². The van der Waals surface area contributed by atoms with Crippen LogP contribution in [0.15, 0.2) is 53.8 Å². The Morgan fingerprint density at radius 2 is 1.81 bits per heavy atom. The van der Waals surface area contributed by atoms with Gasteiger partial charge < -0.3 is 10.6 Å². The molecule has 0 spiro atoms. The third kappa shape index (κ3) is 9.76. The molecule has 0 aliphatic carbocycles. The Bertz CT molecular complexity index is 764. The third-order valence-corrected chi connectivity index (χ3v) is 5.48. The van der Waals surface area contributed by atoms with E-state index in [4.69, 9.17) is 0 Å². The Hall–Kier alpha value is -1.62. The van der Waals surface area contributed by atoms with E-state index in [1.165, 1.54) is 0 Å². The van der Waals surface area contributed by atoms with Crippen molar-refractivity contribution in [1.82, 2.24) is 20.4 Å². The predicted molar refractivity (Wildman–Crippen MR) is 120 cm³/mol. The van der Waals surface area contributed by atoms with E-state index in [1.54, 1.807) is 13.2 Å². The Kier molecular flexibility index (Phi) is 11.0. The highest BCUT2D eigenvalue weighted by atomic mass is 127. The molecule has 0 saturated heterocycles. The van der Waals surface area contributed by atoms with Crippen LogP contribution in [0, 0.1) is 0 Å². The van der Waals surface area contributed by atoms with Crippen LogP contribution in [0.1, 0.15) is 18.4 Å². The standard InChI is InChI=1S/C18H27N5O2S.HI/c1-19-18(20-10-5-13-23-14-6-12-22-23)21-11-7-15-26(24,25)16-17-8-3-2-4-9-17;/h2-4,6,8-9,12,14H,5,7,10-11,13,15-16H2,1H3,(H2,19,20,21);1H. The van der Waals surface area contributed by atoms with Crippen LogP contribution < -0.4 is 10.6 Å². The molecule has 0 radical (unpaired) electrons. The van der Waals surface area contributed by atoms with Crippen molar-refractivity contribution in [1.29, 1.82) is 0 Å². The summed E-state index contributed by atoms with van der Waals surface area (Å²) >= 11 is 0. The Morgan fingerprint density at radius 1 is 1.11 bits per heavy atom. The number of aromatic nitrogens is 2. The van der Waals surface area contributed by atoms with Crippen LogP contribution in [-0.4, -0.2) is 50.0 Å². The minimum Gasteiger partial charge on any atom is -0.356 e. The number of guanidine groups is 1. The molecule has 0 atom stereocenters. The van der Waals surface area contributed by atoms with Crippen molar-refractivity contribution in [2.75, 3.05) is 25.9 Å². The van der Waals surface area contributed by atoms with Crippen LogP contribution in [0.5, 0.6) is 0 Å². The van der Waals surface area contributed by atoms with Crippen LogP contribution in [0.3, 0.4) is 0 Å². The lowest BCUT2D eigenvalue weighted by Crippen LogP contribution is -2.38. The number of rotatable bonds is 10. The summed E-state index contributed by atoms with van der Waals surface area (Å²) in [5.41, 5.74) is 0.829. The molecule has 0 fully saturated rings. The molecular formula is C18H28IN5O2S. The lowest BCUT2D eigenvalue weighted by molar-refractivity contribution is 0.570. The van der Waals surface area contributed by atoms with Gasteiger partial charge in [0.05, 0.1) is 11.5 Å². The van der Waals surface area contributed by atoms with Gasteiger partial charge >= 0.3 is 0 Å². The molecule has 150 valence electrons. The summed E-state index contributed by atoms with van der Waals surface area (Å²) in [6, 6.07) is 11.2. The summed E-state index contributed by atoms with van der Waals surface area (Å²) in [5.74, 6) is 0.935. The van der Waals surface area contributed by atoms with E-state index >= 15 is 0 Å². The second-order valence-electron chi connectivity index (χ2n) is 5.98. The molecule has 1 heterocycles. The topological polar surface area (TPSA) is 88.4 Å². The number of benzene rings is 1. The zero-order chi connectivity index (χ0) is 18.7. The summed E-state index contributed by atoms with van der Waals surface area (Å²) in [7, 11) is -1.39. The van der Waals surface area contributed by atoms with E-state index in [9.17, 15) is 8.42 Å². The lowest BCUT2D eigenvalue weighted by Gasteiger charge is -2.12. The molecule has 0 unspecified atom stereocenters. The first-order valence-electron chi connectivity index (χ1n) is 8.75. The van der Waals surface area contributed by atoms with Crippen LogP contribution in [0.4, 0.5) is 0 Å². The Labute approximate surface area is 178 Å². The predicted octanol–water partition coefficient (Wildman–Crippen LogP) is 2.06. The molecule has 1 aromatic carbocycles. The molecule has 1 aromatic heterocycles. The van der Waals surface area contributed by atoms with Crippen molar-refractivity contribution in [3.8, 4) is 0 Å². The third-order valence-electron chi connectivity index (χ3n) is 3.79. The number of aliphatic imine (C=N–C) groups is 1. The molecular weight excluding hydrogens is 477 g/mol. The van der Waals surface area contributed by atoms with Gasteiger partial charge in [0.2, 0.25) is 0 Å². The van der Waals surface area contributed by atoms with Gasteiger partial charge in [-0.05, 0) is 24.5 Å². The smallest absolute Gasteiger partial charge is 0.190 e. The second-order valence-corrected chi connectivity index (χ2v) is 8.16. The molecule has 2 N–H and O–H groups in total. The maximum Gasteiger partial charge on any atom is 0.190 e. The van der Waals surface area contributed by atoms with Crippen LogP contribution in [0.25, 0.3) is 0 Å². The zero-order valence-electron chi connectivity index (χ0n) is 15.5. The SMILES string of the molecule is CN=C(NCCCn1cccn1)NCCCS(=O)(=O)Cc1ccccc1.I. The van der Waals surface area contributed by atoms with Gasteiger partial charge in [-0.3, -0.25) is 9.67 Å². The van der Waals surface area contributed by atoms with Crippen LogP contribution in [0.2, 0.25) is 0 Å². The Morgan fingerprint density at radius 3 is 2.44 bits per heavy atom. The monoisotopic (exact) mass is 505 g/mol. The van der Waals surface area contributed by atoms with E-state index < -0.39 is 9.84 Å². The zero-order valence-corrected chi connectivity index (χ0v) is 18.7. The fourth-order valence-corrected chi connectivity index (χ4v) is 3.93. The first kappa shape index (κ1) is 23.4. The molecule has 2 aromatic rings. The highest BCUT2D eigenvalue weighted by Gasteiger charge is 2.11. The van der Waals surface area contributed by atoms with Gasteiger partial charge in [-0.2, -0.15) is 5.10 Å². The Balaban J connectivity index is 0.00000364. The molecule has 0 aliphatic heterocycles. The average Bonchev–Trinajstić information content (AvgIpc) is 3.14. The molecule has 9 heteroatoms.